The summed E-state index contributed by atoms with van der Waals surface area (Å²) >= 11 is 0. The summed E-state index contributed by atoms with van der Waals surface area (Å²) < 4.78 is 15.1. The lowest BCUT2D eigenvalue weighted by atomic mass is 9.70. The number of aromatic amines is 1. The van der Waals surface area contributed by atoms with Crippen molar-refractivity contribution in [3.8, 4) is 0 Å². The van der Waals surface area contributed by atoms with Crippen molar-refractivity contribution in [2.75, 3.05) is 27.4 Å². The summed E-state index contributed by atoms with van der Waals surface area (Å²) in [5.74, 6) is -1.85. The van der Waals surface area contributed by atoms with E-state index in [0.29, 0.717) is 13.0 Å². The van der Waals surface area contributed by atoms with E-state index in [1.165, 1.54) is 27.2 Å². The van der Waals surface area contributed by atoms with Gasteiger partial charge < -0.3 is 24.1 Å². The molecule has 1 N–H and O–H groups in total. The third-order valence-corrected chi connectivity index (χ3v) is 6.17. The van der Waals surface area contributed by atoms with Gasteiger partial charge in [0.1, 0.15) is 12.5 Å². The zero-order valence-corrected chi connectivity index (χ0v) is 18.3. The van der Waals surface area contributed by atoms with E-state index in [1.54, 1.807) is 6.08 Å². The minimum absolute atomic E-state index is 0.0158. The molecule has 2 aromatic rings. The summed E-state index contributed by atoms with van der Waals surface area (Å²) in [7, 11) is 2.70. The summed E-state index contributed by atoms with van der Waals surface area (Å²) in [5.41, 5.74) is 3.65. The van der Waals surface area contributed by atoms with Crippen LogP contribution >= 0.6 is 0 Å². The molecule has 3 atom stereocenters. The van der Waals surface area contributed by atoms with Crippen LogP contribution in [-0.4, -0.2) is 55.2 Å². The number of aromatic nitrogens is 1. The molecule has 0 amide bonds. The molecule has 0 saturated carbocycles. The molecule has 32 heavy (non-hydrogen) atoms. The fourth-order valence-electron chi connectivity index (χ4n) is 4.81. The molecule has 2 heterocycles. The fourth-order valence-corrected chi connectivity index (χ4v) is 4.81. The molecule has 1 aromatic heterocycles. The van der Waals surface area contributed by atoms with Gasteiger partial charge in [0.15, 0.2) is 0 Å². The maximum absolute atomic E-state index is 12.9. The predicted octanol–water partition coefficient (Wildman–Crippen LogP) is 2.98. The Morgan fingerprint density at radius 3 is 2.69 bits per heavy atom. The topological polar surface area (TPSA) is 97.9 Å². The lowest BCUT2D eigenvalue weighted by Crippen LogP contribution is -2.41. The van der Waals surface area contributed by atoms with Gasteiger partial charge in [-0.1, -0.05) is 24.3 Å². The Kier molecular flexibility index (Phi) is 6.03. The van der Waals surface area contributed by atoms with Crippen LogP contribution in [0.25, 0.3) is 10.9 Å². The summed E-state index contributed by atoms with van der Waals surface area (Å²) in [6.07, 6.45) is 5.65. The number of nitrogens with zero attached hydrogens (tertiary/aromatic N) is 1. The van der Waals surface area contributed by atoms with E-state index in [9.17, 15) is 14.4 Å². The minimum Gasteiger partial charge on any atom is -0.468 e. The number of ether oxygens (including phenoxy) is 3. The zero-order valence-electron chi connectivity index (χ0n) is 18.3. The summed E-state index contributed by atoms with van der Waals surface area (Å²) in [6, 6.07) is 7.94. The number of methoxy groups -OCH3 is 2. The average molecular weight is 438 g/mol. The smallest absolute Gasteiger partial charge is 0.330 e. The molecule has 0 saturated heterocycles. The summed E-state index contributed by atoms with van der Waals surface area (Å²) in [4.78, 5) is 41.5. The molecule has 1 aromatic carbocycles. The molecule has 1 aliphatic heterocycles. The number of hydrogen-bond acceptors (Lipinski definition) is 7. The Bertz CT molecular complexity index is 1110. The van der Waals surface area contributed by atoms with Gasteiger partial charge in [-0.3, -0.25) is 9.59 Å². The highest BCUT2D eigenvalue weighted by molar-refractivity contribution is 5.90. The highest BCUT2D eigenvalue weighted by atomic mass is 16.5. The molecule has 1 aliphatic carbocycles. The zero-order chi connectivity index (χ0) is 22.8. The van der Waals surface area contributed by atoms with Crippen molar-refractivity contribution in [1.82, 2.24) is 9.88 Å². The fraction of sp³-hybridized carbons (Fsp3) is 0.375. The average Bonchev–Trinajstić information content (AvgIpc) is 3.17. The van der Waals surface area contributed by atoms with Crippen LogP contribution in [0.15, 0.2) is 48.2 Å². The van der Waals surface area contributed by atoms with Gasteiger partial charge in [-0.05, 0) is 18.1 Å². The van der Waals surface area contributed by atoms with Crippen LogP contribution in [0.2, 0.25) is 0 Å². The number of esters is 3. The first kappa shape index (κ1) is 21.7. The number of H-pyrrole nitrogens is 1. The van der Waals surface area contributed by atoms with Crippen molar-refractivity contribution in [1.29, 1.82) is 0 Å². The first-order chi connectivity index (χ1) is 15.4. The molecule has 4 rings (SSSR count). The van der Waals surface area contributed by atoms with Crippen LogP contribution in [0, 0.1) is 5.92 Å². The highest BCUT2D eigenvalue weighted by Gasteiger charge is 2.46. The summed E-state index contributed by atoms with van der Waals surface area (Å²) in [6.45, 7) is 2.10. The van der Waals surface area contributed by atoms with Crippen molar-refractivity contribution < 1.29 is 28.6 Å². The Balaban J connectivity index is 1.83. The van der Waals surface area contributed by atoms with Crippen molar-refractivity contribution in [3.63, 3.8) is 0 Å². The van der Waals surface area contributed by atoms with E-state index in [2.05, 4.69) is 9.88 Å². The van der Waals surface area contributed by atoms with Gasteiger partial charge >= 0.3 is 17.9 Å². The second kappa shape index (κ2) is 8.90. The second-order valence-corrected chi connectivity index (χ2v) is 7.92. The normalized spacial score (nSPS) is 21.8. The number of hydrogen-bond donors (Lipinski definition) is 1. The number of carbonyl (C=O) groups is 3. The predicted molar refractivity (Wildman–Crippen MR) is 116 cm³/mol. The first-order valence-electron chi connectivity index (χ1n) is 10.5. The standard InChI is InChI=1S/C24H26N2O6/c1-14(27)32-11-10-26-13-15(8-9-20(28)30-2)17-12-19(26)21-16-6-4-5-7-18(16)25-23(21)22(17)24(29)31-3/h4-9,13,17,19,22,25H,10-12H2,1-3H3/b9-8+/t17-,19-,22-/m0/s1. The molecule has 168 valence electrons. The second-order valence-electron chi connectivity index (χ2n) is 7.92. The molecule has 0 spiro atoms. The molecule has 2 aliphatic rings. The molecule has 0 radical (unpaired) electrons. The van der Waals surface area contributed by atoms with Crippen LogP contribution in [0.1, 0.15) is 36.6 Å². The maximum Gasteiger partial charge on any atom is 0.330 e. The van der Waals surface area contributed by atoms with Gasteiger partial charge in [0, 0.05) is 47.3 Å². The minimum atomic E-state index is -0.525. The van der Waals surface area contributed by atoms with Gasteiger partial charge in [-0.25, -0.2) is 4.79 Å². The lowest BCUT2D eigenvalue weighted by Gasteiger charge is -2.45. The van der Waals surface area contributed by atoms with E-state index in [4.69, 9.17) is 14.2 Å². The van der Waals surface area contributed by atoms with E-state index in [-0.39, 0.29) is 30.5 Å². The number of para-hydroxylation sites is 1. The SMILES string of the molecule is COC(=O)/C=C/C1=CN(CCOC(C)=O)[C@H]2C[C@@H]1[C@H](C(=O)OC)c1[nH]c3ccccc3c12. The third-order valence-electron chi connectivity index (χ3n) is 6.17. The number of carbonyl (C=O) groups excluding carboxylic acids is 3. The van der Waals surface area contributed by atoms with Gasteiger partial charge in [-0.15, -0.1) is 0 Å². The molecule has 0 fully saturated rings. The van der Waals surface area contributed by atoms with E-state index >= 15 is 0 Å². The summed E-state index contributed by atoms with van der Waals surface area (Å²) in [5, 5.41) is 1.05. The van der Waals surface area contributed by atoms with E-state index in [1.807, 2.05) is 30.5 Å². The Morgan fingerprint density at radius 2 is 1.97 bits per heavy atom. The number of rotatable bonds is 6. The van der Waals surface area contributed by atoms with Gasteiger partial charge in [-0.2, -0.15) is 0 Å². The van der Waals surface area contributed by atoms with E-state index < -0.39 is 11.9 Å². The van der Waals surface area contributed by atoms with Crippen LogP contribution < -0.4 is 0 Å². The third kappa shape index (κ3) is 3.88. The largest absolute Gasteiger partial charge is 0.468 e. The molecule has 0 unspecified atom stereocenters. The lowest BCUT2D eigenvalue weighted by molar-refractivity contribution is -0.145. The van der Waals surface area contributed by atoms with Crippen molar-refractivity contribution >= 4 is 28.8 Å². The highest BCUT2D eigenvalue weighted by Crippen LogP contribution is 2.52. The van der Waals surface area contributed by atoms with Crippen LogP contribution in [0.4, 0.5) is 0 Å². The van der Waals surface area contributed by atoms with Gasteiger partial charge in [0.2, 0.25) is 0 Å². The molecule has 2 bridgehead atoms. The molecule has 8 nitrogen and oxygen atoms in total. The van der Waals surface area contributed by atoms with Crippen molar-refractivity contribution in [2.45, 2.75) is 25.3 Å². The van der Waals surface area contributed by atoms with Gasteiger partial charge in [0.25, 0.3) is 0 Å². The van der Waals surface area contributed by atoms with E-state index in [0.717, 1.165) is 27.7 Å². The van der Waals surface area contributed by atoms with Crippen LogP contribution in [0.3, 0.4) is 0 Å². The first-order valence-corrected chi connectivity index (χ1v) is 10.5. The maximum atomic E-state index is 12.9. The van der Waals surface area contributed by atoms with Crippen molar-refractivity contribution in [3.05, 3.63) is 59.4 Å². The molecular formula is C24H26N2O6. The van der Waals surface area contributed by atoms with Crippen molar-refractivity contribution in [2.24, 2.45) is 5.92 Å². The number of nitrogens with one attached hydrogen (secondary N) is 1. The Hall–Kier alpha value is -3.55. The van der Waals surface area contributed by atoms with Crippen LogP contribution in [0.5, 0.6) is 0 Å². The molecule has 8 heteroatoms. The molecular weight excluding hydrogens is 412 g/mol. The monoisotopic (exact) mass is 438 g/mol. The Morgan fingerprint density at radius 1 is 1.19 bits per heavy atom. The number of fused-ring (bicyclic) bond motifs is 6. The van der Waals surface area contributed by atoms with Crippen LogP contribution in [-0.2, 0) is 28.6 Å². The number of allylic oxidation sites excluding steroid dienone is 2. The van der Waals surface area contributed by atoms with Gasteiger partial charge in [0.05, 0.1) is 26.8 Å². The quantitative estimate of drug-likeness (QED) is 0.421. The Labute approximate surface area is 185 Å². The number of benzene rings is 1.